The number of aromatic nitrogens is 1. The molecule has 2 heteroatoms. The van der Waals surface area contributed by atoms with Crippen LogP contribution in [0.15, 0.2) is 18.5 Å². The Morgan fingerprint density at radius 1 is 1.33 bits per heavy atom. The molecule has 3 atom stereocenters. The van der Waals surface area contributed by atoms with Gasteiger partial charge in [0.2, 0.25) is 0 Å². The van der Waals surface area contributed by atoms with Gasteiger partial charge < -0.3 is 10.3 Å². The Hall–Kier alpha value is -0.760. The number of hydrogen-bond acceptors (Lipinski definition) is 1. The molecule has 0 aromatic carbocycles. The average Bonchev–Trinajstić information content (AvgIpc) is 2.93. The molecule has 2 aliphatic rings. The fourth-order valence-electron chi connectivity index (χ4n) is 3.50. The van der Waals surface area contributed by atoms with Gasteiger partial charge in [-0.25, -0.2) is 0 Å². The van der Waals surface area contributed by atoms with Crippen LogP contribution in [0.4, 0.5) is 0 Å². The summed E-state index contributed by atoms with van der Waals surface area (Å²) in [5, 5.41) is 3.59. The smallest absolute Gasteiger partial charge is 0.0220 e. The fraction of sp³-hybridized carbons (Fsp3) is 0.692. The third kappa shape index (κ3) is 1.96. The maximum absolute atomic E-state index is 3.59. The number of nitrogens with one attached hydrogen (secondary N) is 2. The molecule has 0 radical (unpaired) electrons. The predicted molar refractivity (Wildman–Crippen MR) is 61.4 cm³/mol. The summed E-state index contributed by atoms with van der Waals surface area (Å²) in [6.45, 7) is 2.25. The van der Waals surface area contributed by atoms with E-state index in [0.717, 1.165) is 24.3 Å². The Bertz CT molecular complexity index is 304. The molecule has 0 spiro atoms. The van der Waals surface area contributed by atoms with Crippen molar-refractivity contribution in [2.24, 2.45) is 17.8 Å². The van der Waals surface area contributed by atoms with Crippen molar-refractivity contribution in [2.45, 2.75) is 32.2 Å². The molecule has 1 heterocycles. The van der Waals surface area contributed by atoms with Crippen LogP contribution in [-0.2, 0) is 6.54 Å². The maximum atomic E-state index is 3.59. The van der Waals surface area contributed by atoms with E-state index >= 15 is 0 Å². The standard InChI is InChI=1S/C13H20N2/c1-2-12-5-10(1)6-13(12)9-15-8-11-3-4-14-7-11/h3-4,7,10,12-15H,1-2,5-6,8-9H2. The van der Waals surface area contributed by atoms with Crippen molar-refractivity contribution in [1.29, 1.82) is 0 Å². The van der Waals surface area contributed by atoms with Crippen LogP contribution in [0.25, 0.3) is 0 Å². The lowest BCUT2D eigenvalue weighted by Gasteiger charge is -2.21. The Morgan fingerprint density at radius 3 is 3.00 bits per heavy atom. The number of rotatable bonds is 4. The highest BCUT2D eigenvalue weighted by Gasteiger charge is 2.38. The molecule has 0 aliphatic heterocycles. The first-order chi connectivity index (χ1) is 7.42. The first kappa shape index (κ1) is 9.46. The summed E-state index contributed by atoms with van der Waals surface area (Å²) in [6.07, 6.45) is 10.1. The van der Waals surface area contributed by atoms with Crippen LogP contribution in [0.1, 0.15) is 31.2 Å². The SMILES string of the molecule is c1cc(CNCC2CC3CCC2C3)c[nH]1. The minimum atomic E-state index is 0.975. The van der Waals surface area contributed by atoms with E-state index in [4.69, 9.17) is 0 Å². The van der Waals surface area contributed by atoms with E-state index in [1.54, 1.807) is 0 Å². The lowest BCUT2D eigenvalue weighted by molar-refractivity contribution is 0.318. The number of aromatic amines is 1. The Morgan fingerprint density at radius 2 is 2.33 bits per heavy atom. The van der Waals surface area contributed by atoms with Gasteiger partial charge in [-0.05, 0) is 55.2 Å². The molecular weight excluding hydrogens is 184 g/mol. The highest BCUT2D eigenvalue weighted by atomic mass is 14.9. The summed E-state index contributed by atoms with van der Waals surface area (Å²) < 4.78 is 0. The van der Waals surface area contributed by atoms with Crippen LogP contribution in [-0.4, -0.2) is 11.5 Å². The zero-order valence-electron chi connectivity index (χ0n) is 9.21. The fourth-order valence-corrected chi connectivity index (χ4v) is 3.50. The molecule has 1 aromatic rings. The van der Waals surface area contributed by atoms with E-state index in [-0.39, 0.29) is 0 Å². The Kier molecular flexibility index (Phi) is 2.53. The van der Waals surface area contributed by atoms with Gasteiger partial charge in [0.1, 0.15) is 0 Å². The predicted octanol–water partition coefficient (Wildman–Crippen LogP) is 2.54. The molecule has 3 unspecified atom stereocenters. The number of H-pyrrole nitrogens is 1. The maximum Gasteiger partial charge on any atom is 0.0220 e. The normalized spacial score (nSPS) is 33.7. The highest BCUT2D eigenvalue weighted by molar-refractivity contribution is 5.07. The van der Waals surface area contributed by atoms with Gasteiger partial charge in [-0.1, -0.05) is 6.42 Å². The Labute approximate surface area is 91.5 Å². The van der Waals surface area contributed by atoms with Gasteiger partial charge >= 0.3 is 0 Å². The molecule has 0 amide bonds. The average molecular weight is 204 g/mol. The zero-order valence-corrected chi connectivity index (χ0v) is 9.21. The van der Waals surface area contributed by atoms with Gasteiger partial charge in [0.25, 0.3) is 0 Å². The van der Waals surface area contributed by atoms with Gasteiger partial charge in [0, 0.05) is 18.9 Å². The summed E-state index contributed by atoms with van der Waals surface area (Å²) in [5.41, 5.74) is 1.37. The molecule has 1 aromatic heterocycles. The third-order valence-corrected chi connectivity index (χ3v) is 4.28. The van der Waals surface area contributed by atoms with E-state index in [1.165, 1.54) is 37.8 Å². The number of hydrogen-bond donors (Lipinski definition) is 2. The van der Waals surface area contributed by atoms with Crippen molar-refractivity contribution < 1.29 is 0 Å². The first-order valence-electron chi connectivity index (χ1n) is 6.24. The molecule has 2 bridgehead atoms. The highest BCUT2D eigenvalue weighted by Crippen LogP contribution is 2.47. The second kappa shape index (κ2) is 4.01. The molecule has 2 saturated carbocycles. The summed E-state index contributed by atoms with van der Waals surface area (Å²) in [7, 11) is 0. The molecule has 2 fully saturated rings. The van der Waals surface area contributed by atoms with Crippen LogP contribution in [0, 0.1) is 17.8 Å². The summed E-state index contributed by atoms with van der Waals surface area (Å²) >= 11 is 0. The lowest BCUT2D eigenvalue weighted by Crippen LogP contribution is -2.26. The van der Waals surface area contributed by atoms with Crippen molar-refractivity contribution in [3.63, 3.8) is 0 Å². The van der Waals surface area contributed by atoms with Crippen LogP contribution in [0.2, 0.25) is 0 Å². The van der Waals surface area contributed by atoms with E-state index in [9.17, 15) is 0 Å². The van der Waals surface area contributed by atoms with Crippen molar-refractivity contribution in [2.75, 3.05) is 6.54 Å². The van der Waals surface area contributed by atoms with Crippen LogP contribution >= 0.6 is 0 Å². The monoisotopic (exact) mass is 204 g/mol. The second-order valence-corrected chi connectivity index (χ2v) is 5.29. The van der Waals surface area contributed by atoms with Crippen LogP contribution < -0.4 is 5.32 Å². The van der Waals surface area contributed by atoms with Gasteiger partial charge in [0.15, 0.2) is 0 Å². The second-order valence-electron chi connectivity index (χ2n) is 5.29. The Balaban J connectivity index is 1.43. The van der Waals surface area contributed by atoms with E-state index in [2.05, 4.69) is 22.6 Å². The quantitative estimate of drug-likeness (QED) is 0.775. The van der Waals surface area contributed by atoms with E-state index in [1.807, 2.05) is 6.20 Å². The molecule has 82 valence electrons. The van der Waals surface area contributed by atoms with E-state index < -0.39 is 0 Å². The molecular formula is C13H20N2. The minimum absolute atomic E-state index is 0.975. The topological polar surface area (TPSA) is 27.8 Å². The lowest BCUT2D eigenvalue weighted by atomic mass is 9.89. The van der Waals surface area contributed by atoms with E-state index in [0.29, 0.717) is 0 Å². The summed E-state index contributed by atoms with van der Waals surface area (Å²) in [4.78, 5) is 3.10. The van der Waals surface area contributed by atoms with Crippen molar-refractivity contribution in [3.8, 4) is 0 Å². The molecule has 2 N–H and O–H groups in total. The van der Waals surface area contributed by atoms with Crippen LogP contribution in [0.3, 0.4) is 0 Å². The van der Waals surface area contributed by atoms with Gasteiger partial charge in [-0.3, -0.25) is 0 Å². The molecule has 3 rings (SSSR count). The van der Waals surface area contributed by atoms with Gasteiger partial charge in [-0.2, -0.15) is 0 Å². The summed E-state index contributed by atoms with van der Waals surface area (Å²) in [5.74, 6) is 3.10. The first-order valence-corrected chi connectivity index (χ1v) is 6.24. The van der Waals surface area contributed by atoms with Crippen molar-refractivity contribution >= 4 is 0 Å². The zero-order chi connectivity index (χ0) is 10.1. The van der Waals surface area contributed by atoms with Gasteiger partial charge in [0.05, 0.1) is 0 Å². The molecule has 2 aliphatic carbocycles. The van der Waals surface area contributed by atoms with Crippen LogP contribution in [0.5, 0.6) is 0 Å². The van der Waals surface area contributed by atoms with Crippen molar-refractivity contribution in [1.82, 2.24) is 10.3 Å². The van der Waals surface area contributed by atoms with Crippen molar-refractivity contribution in [3.05, 3.63) is 24.0 Å². The molecule has 0 saturated heterocycles. The summed E-state index contributed by atoms with van der Waals surface area (Å²) in [6, 6.07) is 2.15. The molecule has 2 nitrogen and oxygen atoms in total. The largest absolute Gasteiger partial charge is 0.367 e. The van der Waals surface area contributed by atoms with Gasteiger partial charge in [-0.15, -0.1) is 0 Å². The minimum Gasteiger partial charge on any atom is -0.367 e. The molecule has 15 heavy (non-hydrogen) atoms. The number of fused-ring (bicyclic) bond motifs is 2. The third-order valence-electron chi connectivity index (χ3n) is 4.28.